The fourth-order valence-corrected chi connectivity index (χ4v) is 1.25. The van der Waals surface area contributed by atoms with Gasteiger partial charge in [-0.3, -0.25) is 0 Å². The first kappa shape index (κ1) is 24.4. The van der Waals surface area contributed by atoms with Crippen molar-refractivity contribution in [2.24, 2.45) is 0 Å². The van der Waals surface area contributed by atoms with E-state index in [4.69, 9.17) is 19.6 Å². The first-order valence-electron chi connectivity index (χ1n) is 1.53. The van der Waals surface area contributed by atoms with E-state index in [2.05, 4.69) is 4.31 Å². The van der Waals surface area contributed by atoms with Crippen LogP contribution < -0.4 is 75.4 Å². The normalized spacial score (nSPS) is 10.3. The molecule has 0 rings (SSSR count). The van der Waals surface area contributed by atoms with E-state index < -0.39 is 15.6 Å². The molecular formula is H4CuIKO7P2. The third kappa shape index (κ3) is 23.2. The van der Waals surface area contributed by atoms with Crippen LogP contribution >= 0.6 is 15.6 Å². The summed E-state index contributed by atoms with van der Waals surface area (Å²) in [5.74, 6) is 0. The average Bonchev–Trinajstić information content (AvgIpc) is 1.14. The molecule has 0 unspecified atom stereocenters. The molecule has 7 nitrogen and oxygen atoms in total. The van der Waals surface area contributed by atoms with Crippen LogP contribution in [0.3, 0.4) is 0 Å². The molecule has 4 N–H and O–H groups in total. The van der Waals surface area contributed by atoms with Gasteiger partial charge in [0.2, 0.25) is 0 Å². The van der Waals surface area contributed by atoms with Gasteiger partial charge >= 0.3 is 67.0 Å². The fourth-order valence-electron chi connectivity index (χ4n) is 0.139. The van der Waals surface area contributed by atoms with Crippen molar-refractivity contribution in [1.29, 1.82) is 0 Å². The van der Waals surface area contributed by atoms with Gasteiger partial charge in [0.1, 0.15) is 0 Å². The third-order valence-electron chi connectivity index (χ3n) is 0.213. The van der Waals surface area contributed by atoms with Crippen LogP contribution in [0.1, 0.15) is 0 Å². The molecule has 0 saturated carbocycles. The molecule has 0 amide bonds. The minimum Gasteiger partial charge on any atom is -1.00 e. The Labute approximate surface area is 138 Å². The van der Waals surface area contributed by atoms with E-state index >= 15 is 0 Å². The Morgan fingerprint density at radius 1 is 0.917 bits per heavy atom. The molecule has 0 saturated heterocycles. The van der Waals surface area contributed by atoms with Crippen LogP contribution in [0.25, 0.3) is 0 Å². The molecule has 0 aromatic rings. The molecule has 0 aliphatic heterocycles. The van der Waals surface area contributed by atoms with Crippen molar-refractivity contribution >= 4 is 15.6 Å². The van der Waals surface area contributed by atoms with Crippen LogP contribution in [0.4, 0.5) is 0 Å². The SMILES string of the molecule is O=P(O)(O)OP(=O)(O)O.[Cu].[I-].[K+]. The molecule has 0 bridgehead atoms. The number of hydrogen-bond acceptors (Lipinski definition) is 3. The summed E-state index contributed by atoms with van der Waals surface area (Å²) in [6.07, 6.45) is 0. The Morgan fingerprint density at radius 2 is 1.08 bits per heavy atom. The van der Waals surface area contributed by atoms with Crippen molar-refractivity contribution < 1.29 is 125 Å². The van der Waals surface area contributed by atoms with Crippen molar-refractivity contribution in [3.05, 3.63) is 0 Å². The predicted molar refractivity (Wildman–Crippen MR) is 25.2 cm³/mol. The smallest absolute Gasteiger partial charge is 1.00 e. The summed E-state index contributed by atoms with van der Waals surface area (Å²) >= 11 is 0. The van der Waals surface area contributed by atoms with Crippen molar-refractivity contribution in [3.8, 4) is 0 Å². The van der Waals surface area contributed by atoms with Crippen LogP contribution in [-0.2, 0) is 30.5 Å². The summed E-state index contributed by atoms with van der Waals surface area (Å²) in [5.41, 5.74) is 0. The monoisotopic (exact) mass is 407 g/mol. The number of hydrogen-bond donors (Lipinski definition) is 4. The summed E-state index contributed by atoms with van der Waals surface area (Å²) in [6.45, 7) is 0. The molecule has 0 aromatic heterocycles. The van der Waals surface area contributed by atoms with Gasteiger partial charge in [0.25, 0.3) is 0 Å². The number of halogens is 1. The fraction of sp³-hybridized carbons (Fsp3) is 0. The molecule has 0 heterocycles. The van der Waals surface area contributed by atoms with Crippen LogP contribution in [0, 0.1) is 0 Å². The maximum atomic E-state index is 9.63. The van der Waals surface area contributed by atoms with E-state index in [1.54, 1.807) is 0 Å². The Kier molecular flexibility index (Phi) is 19.1. The number of phosphoric acid groups is 2. The van der Waals surface area contributed by atoms with E-state index in [0.717, 1.165) is 0 Å². The maximum absolute atomic E-state index is 9.63. The van der Waals surface area contributed by atoms with E-state index in [1.807, 2.05) is 0 Å². The zero-order valence-electron chi connectivity index (χ0n) is 5.59. The summed E-state index contributed by atoms with van der Waals surface area (Å²) in [4.78, 5) is 31.0. The molecule has 75 valence electrons. The Hall–Kier alpha value is 3.15. The van der Waals surface area contributed by atoms with E-state index in [0.29, 0.717) is 0 Å². The van der Waals surface area contributed by atoms with Crippen LogP contribution in [0.15, 0.2) is 0 Å². The third-order valence-corrected chi connectivity index (χ3v) is 1.91. The van der Waals surface area contributed by atoms with E-state index in [-0.39, 0.29) is 92.4 Å². The van der Waals surface area contributed by atoms with E-state index in [1.165, 1.54) is 0 Å². The average molecular weight is 408 g/mol. The van der Waals surface area contributed by atoms with E-state index in [9.17, 15) is 9.13 Å². The first-order valence-corrected chi connectivity index (χ1v) is 4.59. The zero-order chi connectivity index (χ0) is 7.71. The van der Waals surface area contributed by atoms with Crippen LogP contribution in [0.5, 0.6) is 0 Å². The first-order chi connectivity index (χ1) is 3.71. The minimum atomic E-state index is -5.05. The molecule has 12 heavy (non-hydrogen) atoms. The van der Waals surface area contributed by atoms with Crippen molar-refractivity contribution in [2.75, 3.05) is 0 Å². The Bertz CT molecular complexity index is 162. The second kappa shape index (κ2) is 9.38. The maximum Gasteiger partial charge on any atom is 1.00 e. The summed E-state index contributed by atoms with van der Waals surface area (Å²) in [6, 6.07) is 0. The molecule has 0 atom stereocenters. The molecule has 0 fully saturated rings. The second-order valence-electron chi connectivity index (χ2n) is 1.06. The number of rotatable bonds is 2. The molecule has 0 aromatic carbocycles. The summed E-state index contributed by atoms with van der Waals surface area (Å²) in [7, 11) is -10.1. The van der Waals surface area contributed by atoms with Crippen LogP contribution in [0.2, 0.25) is 0 Å². The molecular weight excluding hydrogens is 403 g/mol. The Balaban J connectivity index is -0.000000107. The molecule has 0 spiro atoms. The van der Waals surface area contributed by atoms with Gasteiger partial charge in [-0.1, -0.05) is 0 Å². The van der Waals surface area contributed by atoms with Gasteiger partial charge in [0.05, 0.1) is 0 Å². The van der Waals surface area contributed by atoms with Gasteiger partial charge in [-0.05, 0) is 0 Å². The van der Waals surface area contributed by atoms with Gasteiger partial charge in [0.15, 0.2) is 0 Å². The van der Waals surface area contributed by atoms with Gasteiger partial charge in [-0.2, -0.15) is 4.31 Å². The van der Waals surface area contributed by atoms with Gasteiger partial charge in [-0.15, -0.1) is 0 Å². The predicted octanol–water partition coefficient (Wildman–Crippen LogP) is -6.81. The van der Waals surface area contributed by atoms with Crippen molar-refractivity contribution in [2.45, 2.75) is 0 Å². The molecule has 12 heteroatoms. The minimum absolute atomic E-state index is 0. The summed E-state index contributed by atoms with van der Waals surface area (Å²) < 4.78 is 22.2. The van der Waals surface area contributed by atoms with Crippen molar-refractivity contribution in [1.82, 2.24) is 0 Å². The van der Waals surface area contributed by atoms with Gasteiger partial charge in [0, 0.05) is 17.1 Å². The van der Waals surface area contributed by atoms with Crippen molar-refractivity contribution in [3.63, 3.8) is 0 Å². The molecule has 1 radical (unpaired) electrons. The van der Waals surface area contributed by atoms with Gasteiger partial charge < -0.3 is 43.6 Å². The topological polar surface area (TPSA) is 124 Å². The second-order valence-corrected chi connectivity index (χ2v) is 3.68. The quantitative estimate of drug-likeness (QED) is 0.204. The summed E-state index contributed by atoms with van der Waals surface area (Å²) in [5, 5.41) is 0. The van der Waals surface area contributed by atoms with Gasteiger partial charge in [-0.25, -0.2) is 9.13 Å². The zero-order valence-corrected chi connectivity index (χ0v) is 13.6. The Morgan fingerprint density at radius 3 is 1.08 bits per heavy atom. The molecule has 0 aliphatic carbocycles. The standard InChI is InChI=1S/Cu.HI.K.H4O7P2/c;;;1-8(2,3)7-9(4,5)6/h;1H;;(H2,1,2,3)(H2,4,5,6)/q;;+1;/p-1. The largest absolute Gasteiger partial charge is 1.00 e. The van der Waals surface area contributed by atoms with Crippen LogP contribution in [-0.4, -0.2) is 19.6 Å². The molecule has 0 aliphatic rings.